The van der Waals surface area contributed by atoms with Gasteiger partial charge in [-0.15, -0.1) is 0 Å². The third kappa shape index (κ3) is 3.44. The maximum absolute atomic E-state index is 11.1. The number of rotatable bonds is 4. The van der Waals surface area contributed by atoms with Gasteiger partial charge in [-0.2, -0.15) is 5.26 Å². The molecule has 0 aliphatic rings. The van der Waals surface area contributed by atoms with Crippen molar-refractivity contribution in [1.82, 2.24) is 0 Å². The van der Waals surface area contributed by atoms with E-state index < -0.39 is 0 Å². The van der Waals surface area contributed by atoms with Gasteiger partial charge in [0.15, 0.2) is 0 Å². The SMILES string of the molecule is CCOC(=O)CNc1ccc(C#N)cc1Cl. The van der Waals surface area contributed by atoms with E-state index in [0.717, 1.165) is 0 Å². The lowest BCUT2D eigenvalue weighted by molar-refractivity contribution is -0.140. The fourth-order valence-corrected chi connectivity index (χ4v) is 1.35. The molecular formula is C11H11ClN2O2. The van der Waals surface area contributed by atoms with Gasteiger partial charge in [-0.25, -0.2) is 0 Å². The maximum atomic E-state index is 11.1. The number of anilines is 1. The second-order valence-electron chi connectivity index (χ2n) is 2.97. The molecule has 0 fully saturated rings. The number of esters is 1. The molecule has 0 saturated carbocycles. The lowest BCUT2D eigenvalue weighted by atomic mass is 10.2. The Morgan fingerprint density at radius 1 is 1.62 bits per heavy atom. The summed E-state index contributed by atoms with van der Waals surface area (Å²) in [7, 11) is 0. The van der Waals surface area contributed by atoms with Gasteiger partial charge in [0.05, 0.1) is 28.9 Å². The van der Waals surface area contributed by atoms with Gasteiger partial charge >= 0.3 is 5.97 Å². The summed E-state index contributed by atoms with van der Waals surface area (Å²) >= 11 is 5.90. The molecule has 1 N–H and O–H groups in total. The van der Waals surface area contributed by atoms with Crippen LogP contribution in [0.5, 0.6) is 0 Å². The maximum Gasteiger partial charge on any atom is 0.325 e. The molecule has 0 aliphatic heterocycles. The number of halogens is 1. The van der Waals surface area contributed by atoms with Gasteiger partial charge in [0.1, 0.15) is 6.54 Å². The van der Waals surface area contributed by atoms with Crippen molar-refractivity contribution < 1.29 is 9.53 Å². The van der Waals surface area contributed by atoms with E-state index in [1.54, 1.807) is 19.1 Å². The van der Waals surface area contributed by atoms with Crippen LogP contribution < -0.4 is 5.32 Å². The molecule has 1 aromatic carbocycles. The van der Waals surface area contributed by atoms with E-state index in [0.29, 0.717) is 22.9 Å². The number of hydrogen-bond donors (Lipinski definition) is 1. The predicted molar refractivity (Wildman–Crippen MR) is 61.3 cm³/mol. The van der Waals surface area contributed by atoms with Crippen molar-refractivity contribution in [3.8, 4) is 6.07 Å². The van der Waals surface area contributed by atoms with E-state index in [2.05, 4.69) is 5.32 Å². The number of ether oxygens (including phenoxy) is 1. The Balaban J connectivity index is 2.62. The van der Waals surface area contributed by atoms with Crippen molar-refractivity contribution in [2.75, 3.05) is 18.5 Å². The molecule has 1 aromatic rings. The number of carbonyl (C=O) groups excluding carboxylic acids is 1. The minimum atomic E-state index is -0.345. The van der Waals surface area contributed by atoms with E-state index in [1.807, 2.05) is 6.07 Å². The highest BCUT2D eigenvalue weighted by Crippen LogP contribution is 2.22. The second-order valence-corrected chi connectivity index (χ2v) is 3.37. The number of benzene rings is 1. The van der Waals surface area contributed by atoms with Gasteiger partial charge < -0.3 is 10.1 Å². The first-order chi connectivity index (χ1) is 7.67. The lowest BCUT2D eigenvalue weighted by Gasteiger charge is -2.07. The molecule has 0 aromatic heterocycles. The molecule has 0 bridgehead atoms. The largest absolute Gasteiger partial charge is 0.465 e. The van der Waals surface area contributed by atoms with Crippen LogP contribution in [0, 0.1) is 11.3 Å². The van der Waals surface area contributed by atoms with Gasteiger partial charge in [-0.1, -0.05) is 11.6 Å². The molecule has 0 unspecified atom stereocenters. The molecule has 0 atom stereocenters. The highest BCUT2D eigenvalue weighted by molar-refractivity contribution is 6.33. The lowest BCUT2D eigenvalue weighted by Crippen LogP contribution is -2.16. The van der Waals surface area contributed by atoms with Crippen LogP contribution in [0.1, 0.15) is 12.5 Å². The molecule has 84 valence electrons. The quantitative estimate of drug-likeness (QED) is 0.817. The second kappa shape index (κ2) is 5.99. The fraction of sp³-hybridized carbons (Fsp3) is 0.273. The van der Waals surface area contributed by atoms with Crippen molar-refractivity contribution in [3.05, 3.63) is 28.8 Å². The predicted octanol–water partition coefficient (Wildman–Crippen LogP) is 2.19. The van der Waals surface area contributed by atoms with Crippen LogP contribution in [0.3, 0.4) is 0 Å². The zero-order valence-corrected chi connectivity index (χ0v) is 9.54. The monoisotopic (exact) mass is 238 g/mol. The summed E-state index contributed by atoms with van der Waals surface area (Å²) < 4.78 is 4.75. The number of nitrogens with zero attached hydrogens (tertiary/aromatic N) is 1. The van der Waals surface area contributed by atoms with Gasteiger partial charge in [0.25, 0.3) is 0 Å². The smallest absolute Gasteiger partial charge is 0.325 e. The fourth-order valence-electron chi connectivity index (χ4n) is 1.11. The van der Waals surface area contributed by atoms with E-state index in [4.69, 9.17) is 21.6 Å². The Labute approximate surface area is 98.8 Å². The summed E-state index contributed by atoms with van der Waals surface area (Å²) in [5.74, 6) is -0.345. The first-order valence-corrected chi connectivity index (χ1v) is 5.14. The normalized spacial score (nSPS) is 9.31. The number of nitriles is 1. The summed E-state index contributed by atoms with van der Waals surface area (Å²) in [5, 5.41) is 11.9. The first-order valence-electron chi connectivity index (χ1n) is 4.76. The van der Waals surface area contributed by atoms with Crippen LogP contribution in [0.25, 0.3) is 0 Å². The highest BCUT2D eigenvalue weighted by atomic mass is 35.5. The average Bonchev–Trinajstić information content (AvgIpc) is 2.27. The van der Waals surface area contributed by atoms with Gasteiger partial charge in [-0.3, -0.25) is 4.79 Å². The Kier molecular flexibility index (Phi) is 4.62. The molecule has 1 rings (SSSR count). The molecule has 4 nitrogen and oxygen atoms in total. The molecule has 0 heterocycles. The van der Waals surface area contributed by atoms with E-state index in [-0.39, 0.29) is 12.5 Å². The number of hydrogen-bond acceptors (Lipinski definition) is 4. The summed E-state index contributed by atoms with van der Waals surface area (Å²) in [6, 6.07) is 6.79. The molecule has 0 saturated heterocycles. The summed E-state index contributed by atoms with van der Waals surface area (Å²) in [5.41, 5.74) is 1.08. The average molecular weight is 239 g/mol. The minimum absolute atomic E-state index is 0.0550. The van der Waals surface area contributed by atoms with E-state index >= 15 is 0 Å². The Hall–Kier alpha value is -1.73. The Morgan fingerprint density at radius 2 is 2.38 bits per heavy atom. The van der Waals surface area contributed by atoms with E-state index in [1.165, 1.54) is 6.07 Å². The molecule has 0 amide bonds. The van der Waals surface area contributed by atoms with Crippen LogP contribution in [-0.4, -0.2) is 19.1 Å². The molecule has 5 heteroatoms. The Morgan fingerprint density at radius 3 is 2.94 bits per heavy atom. The Bertz CT molecular complexity index is 426. The number of carbonyl (C=O) groups is 1. The van der Waals surface area contributed by atoms with Gasteiger partial charge in [0.2, 0.25) is 0 Å². The van der Waals surface area contributed by atoms with Crippen molar-refractivity contribution in [2.45, 2.75) is 6.92 Å². The summed E-state index contributed by atoms with van der Waals surface area (Å²) in [6.45, 7) is 2.15. The molecular weight excluding hydrogens is 228 g/mol. The summed E-state index contributed by atoms with van der Waals surface area (Å²) in [4.78, 5) is 11.1. The molecule has 16 heavy (non-hydrogen) atoms. The minimum Gasteiger partial charge on any atom is -0.465 e. The molecule has 0 spiro atoms. The molecule has 0 radical (unpaired) electrons. The van der Waals surface area contributed by atoms with Crippen LogP contribution in [0.4, 0.5) is 5.69 Å². The van der Waals surface area contributed by atoms with Gasteiger partial charge in [0, 0.05) is 0 Å². The van der Waals surface area contributed by atoms with Crippen molar-refractivity contribution in [2.24, 2.45) is 0 Å². The van der Waals surface area contributed by atoms with Crippen molar-refractivity contribution in [3.63, 3.8) is 0 Å². The van der Waals surface area contributed by atoms with Crippen molar-refractivity contribution >= 4 is 23.3 Å². The highest BCUT2D eigenvalue weighted by Gasteiger charge is 2.04. The van der Waals surface area contributed by atoms with Gasteiger partial charge in [-0.05, 0) is 25.1 Å². The van der Waals surface area contributed by atoms with Crippen molar-refractivity contribution in [1.29, 1.82) is 5.26 Å². The first kappa shape index (κ1) is 12.3. The van der Waals surface area contributed by atoms with Crippen LogP contribution in [0.15, 0.2) is 18.2 Å². The number of nitrogens with one attached hydrogen (secondary N) is 1. The third-order valence-electron chi connectivity index (χ3n) is 1.83. The van der Waals surface area contributed by atoms with Crippen LogP contribution in [0.2, 0.25) is 5.02 Å². The molecule has 0 aliphatic carbocycles. The zero-order chi connectivity index (χ0) is 12.0. The zero-order valence-electron chi connectivity index (χ0n) is 8.79. The standard InChI is InChI=1S/C11H11ClN2O2/c1-2-16-11(15)7-14-10-4-3-8(6-13)5-9(10)12/h3-5,14H,2,7H2,1H3. The van der Waals surface area contributed by atoms with Crippen LogP contribution >= 0.6 is 11.6 Å². The van der Waals surface area contributed by atoms with Crippen LogP contribution in [-0.2, 0) is 9.53 Å². The summed E-state index contributed by atoms with van der Waals surface area (Å²) in [6.07, 6.45) is 0. The third-order valence-corrected chi connectivity index (χ3v) is 2.14. The van der Waals surface area contributed by atoms with E-state index in [9.17, 15) is 4.79 Å². The topological polar surface area (TPSA) is 62.1 Å².